The maximum atomic E-state index is 12.8. The maximum Gasteiger partial charge on any atom is 0.335 e. The molecule has 0 aromatic heterocycles. The Balaban J connectivity index is 1.79. The molecule has 0 radical (unpaired) electrons. The van der Waals surface area contributed by atoms with Gasteiger partial charge in [-0.15, -0.1) is 0 Å². The molecule has 2 aromatic carbocycles. The Bertz CT molecular complexity index is 865. The van der Waals surface area contributed by atoms with Gasteiger partial charge in [0.1, 0.15) is 5.75 Å². The van der Waals surface area contributed by atoms with Gasteiger partial charge < -0.3 is 20.1 Å². The summed E-state index contributed by atoms with van der Waals surface area (Å²) in [5, 5.41) is 11.8. The summed E-state index contributed by atoms with van der Waals surface area (Å²) in [7, 11) is 0. The Labute approximate surface area is 150 Å². The molecule has 0 fully saturated rings. The molecule has 1 unspecified atom stereocenters. The minimum atomic E-state index is -1.07. The summed E-state index contributed by atoms with van der Waals surface area (Å²) in [6.45, 7) is 1.53. The van der Waals surface area contributed by atoms with Gasteiger partial charge in [-0.25, -0.2) is 4.79 Å². The van der Waals surface area contributed by atoms with Crippen molar-refractivity contribution >= 4 is 29.2 Å². The van der Waals surface area contributed by atoms with E-state index in [-0.39, 0.29) is 36.4 Å². The number of carboxylic acids is 1. The van der Waals surface area contributed by atoms with Crippen molar-refractivity contribution in [3.63, 3.8) is 0 Å². The Kier molecular flexibility index (Phi) is 4.88. The zero-order valence-electron chi connectivity index (χ0n) is 14.1. The number of nitrogens with zero attached hydrogens (tertiary/aromatic N) is 1. The molecular weight excluding hydrogens is 336 g/mol. The van der Waals surface area contributed by atoms with Crippen molar-refractivity contribution in [1.29, 1.82) is 0 Å². The number of nitrogens with one attached hydrogen (secondary N) is 1. The molecule has 7 nitrogen and oxygen atoms in total. The molecule has 0 saturated carbocycles. The van der Waals surface area contributed by atoms with Crippen LogP contribution in [0.5, 0.6) is 5.75 Å². The number of aromatic carboxylic acids is 1. The number of anilines is 2. The molecule has 26 heavy (non-hydrogen) atoms. The summed E-state index contributed by atoms with van der Waals surface area (Å²) < 4.78 is 5.48. The quantitative estimate of drug-likeness (QED) is 0.880. The number of ether oxygens (including phenoxy) is 1. The lowest BCUT2D eigenvalue weighted by atomic mass is 10.1. The summed E-state index contributed by atoms with van der Waals surface area (Å²) in [5.41, 5.74) is 1.26. The van der Waals surface area contributed by atoms with Gasteiger partial charge in [-0.05, 0) is 37.3 Å². The van der Waals surface area contributed by atoms with Crippen molar-refractivity contribution in [2.75, 3.05) is 16.8 Å². The molecule has 0 bridgehead atoms. The predicted octanol–water partition coefficient (Wildman–Crippen LogP) is 2.53. The van der Waals surface area contributed by atoms with Crippen LogP contribution >= 0.6 is 0 Å². The topological polar surface area (TPSA) is 95.9 Å². The normalized spacial score (nSPS) is 16.3. The van der Waals surface area contributed by atoms with Crippen LogP contribution in [-0.4, -0.2) is 35.5 Å². The van der Waals surface area contributed by atoms with E-state index in [0.717, 1.165) is 0 Å². The third-order valence-corrected chi connectivity index (χ3v) is 4.07. The average Bonchev–Trinajstić information content (AvgIpc) is 2.74. The molecule has 1 aliphatic heterocycles. The van der Waals surface area contributed by atoms with E-state index in [1.165, 1.54) is 17.0 Å². The van der Waals surface area contributed by atoms with Crippen LogP contribution in [0.4, 0.5) is 11.4 Å². The van der Waals surface area contributed by atoms with Crippen molar-refractivity contribution in [1.82, 2.24) is 0 Å². The summed E-state index contributed by atoms with van der Waals surface area (Å²) in [5.74, 6) is -1.25. The van der Waals surface area contributed by atoms with Crippen molar-refractivity contribution in [2.24, 2.45) is 0 Å². The molecule has 2 aromatic rings. The molecule has 2 N–H and O–H groups in total. The van der Waals surface area contributed by atoms with E-state index < -0.39 is 5.97 Å². The van der Waals surface area contributed by atoms with Crippen molar-refractivity contribution in [2.45, 2.75) is 19.4 Å². The largest absolute Gasteiger partial charge is 0.484 e. The van der Waals surface area contributed by atoms with E-state index in [2.05, 4.69) is 5.32 Å². The van der Waals surface area contributed by atoms with Crippen LogP contribution in [-0.2, 0) is 9.59 Å². The molecule has 1 aliphatic rings. The second-order valence-electron chi connectivity index (χ2n) is 6.00. The molecular formula is C19H18N2O5. The van der Waals surface area contributed by atoms with Gasteiger partial charge in [-0.1, -0.05) is 18.2 Å². The van der Waals surface area contributed by atoms with Gasteiger partial charge in [0.2, 0.25) is 5.91 Å². The third-order valence-electron chi connectivity index (χ3n) is 4.07. The lowest BCUT2D eigenvalue weighted by molar-refractivity contribution is -0.121. The Morgan fingerprint density at radius 3 is 2.77 bits per heavy atom. The highest BCUT2D eigenvalue weighted by Crippen LogP contribution is 2.31. The average molecular weight is 354 g/mol. The van der Waals surface area contributed by atoms with E-state index in [4.69, 9.17) is 9.84 Å². The second-order valence-corrected chi connectivity index (χ2v) is 6.00. The van der Waals surface area contributed by atoms with E-state index >= 15 is 0 Å². The number of para-hydroxylation sites is 2. The molecule has 1 atom stereocenters. The van der Waals surface area contributed by atoms with Crippen LogP contribution in [0.15, 0.2) is 48.5 Å². The first-order valence-electron chi connectivity index (χ1n) is 8.13. The van der Waals surface area contributed by atoms with Crippen molar-refractivity contribution in [3.05, 3.63) is 54.1 Å². The maximum absolute atomic E-state index is 12.8. The van der Waals surface area contributed by atoms with Crippen molar-refractivity contribution in [3.8, 4) is 5.75 Å². The molecule has 0 spiro atoms. The summed E-state index contributed by atoms with van der Waals surface area (Å²) in [6.07, 6.45) is 0.176. The van der Waals surface area contributed by atoms with Crippen LogP contribution in [0.1, 0.15) is 23.7 Å². The number of carbonyl (C=O) groups is 3. The summed E-state index contributed by atoms with van der Waals surface area (Å²) in [6, 6.07) is 12.7. The molecule has 0 aliphatic carbocycles. The molecule has 7 heteroatoms. The number of carbonyl (C=O) groups excluding carboxylic acids is 2. The van der Waals surface area contributed by atoms with E-state index in [0.29, 0.717) is 17.1 Å². The molecule has 134 valence electrons. The monoisotopic (exact) mass is 354 g/mol. The van der Waals surface area contributed by atoms with Gasteiger partial charge >= 0.3 is 5.97 Å². The van der Waals surface area contributed by atoms with Gasteiger partial charge in [0.15, 0.2) is 6.61 Å². The summed E-state index contributed by atoms with van der Waals surface area (Å²) >= 11 is 0. The number of hydrogen-bond donors (Lipinski definition) is 2. The van der Waals surface area contributed by atoms with Gasteiger partial charge in [0, 0.05) is 12.5 Å². The van der Waals surface area contributed by atoms with Gasteiger partial charge in [0.25, 0.3) is 5.91 Å². The molecule has 1 heterocycles. The molecule has 2 amide bonds. The highest BCUT2D eigenvalue weighted by Gasteiger charge is 2.29. The summed E-state index contributed by atoms with van der Waals surface area (Å²) in [4.78, 5) is 37.3. The molecule has 3 rings (SSSR count). The molecule has 0 saturated heterocycles. The van der Waals surface area contributed by atoms with E-state index in [1.807, 2.05) is 0 Å². The zero-order chi connectivity index (χ0) is 18.7. The fourth-order valence-corrected chi connectivity index (χ4v) is 2.90. The Hall–Kier alpha value is -3.35. The fourth-order valence-electron chi connectivity index (χ4n) is 2.90. The number of rotatable bonds is 4. The highest BCUT2D eigenvalue weighted by atomic mass is 16.5. The first kappa shape index (κ1) is 17.5. The van der Waals surface area contributed by atoms with Gasteiger partial charge in [0.05, 0.1) is 16.9 Å². The number of carboxylic acid groups (broad SMARTS) is 1. The second kappa shape index (κ2) is 7.26. The van der Waals surface area contributed by atoms with Crippen LogP contribution in [0, 0.1) is 0 Å². The van der Waals surface area contributed by atoms with Crippen LogP contribution in [0.25, 0.3) is 0 Å². The highest BCUT2D eigenvalue weighted by molar-refractivity contribution is 6.04. The fraction of sp³-hybridized carbons (Fsp3) is 0.211. The van der Waals surface area contributed by atoms with Crippen molar-refractivity contribution < 1.29 is 24.2 Å². The first-order chi connectivity index (χ1) is 12.5. The minimum absolute atomic E-state index is 0.0817. The minimum Gasteiger partial charge on any atom is -0.484 e. The first-order valence-corrected chi connectivity index (χ1v) is 8.13. The number of benzene rings is 2. The van der Waals surface area contributed by atoms with Crippen LogP contribution < -0.4 is 15.0 Å². The van der Waals surface area contributed by atoms with E-state index in [9.17, 15) is 14.4 Å². The van der Waals surface area contributed by atoms with Gasteiger partial charge in [-0.3, -0.25) is 9.59 Å². The number of amides is 2. The Morgan fingerprint density at radius 2 is 2.00 bits per heavy atom. The standard InChI is InChI=1S/C19H18N2O5/c1-12-9-17(22)20-15-7-2-3-8-16(15)21(12)18(23)11-26-14-6-4-5-13(10-14)19(24)25/h2-8,10,12H,9,11H2,1H3,(H,20,22)(H,24,25). The Morgan fingerprint density at radius 1 is 1.23 bits per heavy atom. The predicted molar refractivity (Wildman–Crippen MR) is 95.5 cm³/mol. The number of hydrogen-bond acceptors (Lipinski definition) is 4. The third kappa shape index (κ3) is 3.66. The lowest BCUT2D eigenvalue weighted by Gasteiger charge is -2.27. The lowest BCUT2D eigenvalue weighted by Crippen LogP contribution is -2.41. The zero-order valence-corrected chi connectivity index (χ0v) is 14.1. The van der Waals surface area contributed by atoms with E-state index in [1.54, 1.807) is 43.3 Å². The van der Waals surface area contributed by atoms with Crippen LogP contribution in [0.3, 0.4) is 0 Å². The smallest absolute Gasteiger partial charge is 0.335 e. The SMILES string of the molecule is CC1CC(=O)Nc2ccccc2N1C(=O)COc1cccc(C(=O)O)c1. The van der Waals surface area contributed by atoms with Gasteiger partial charge in [-0.2, -0.15) is 0 Å². The number of fused-ring (bicyclic) bond motifs is 1. The van der Waals surface area contributed by atoms with Crippen LogP contribution in [0.2, 0.25) is 0 Å².